The molecule has 0 unspecified atom stereocenters. The molecule has 0 spiro atoms. The van der Waals surface area contributed by atoms with E-state index >= 15 is 0 Å². The first-order chi connectivity index (χ1) is 19.7. The summed E-state index contributed by atoms with van der Waals surface area (Å²) < 4.78 is 44.2. The van der Waals surface area contributed by atoms with Crippen molar-refractivity contribution in [1.29, 1.82) is 0 Å². The molecule has 5 rings (SSSR count). The summed E-state index contributed by atoms with van der Waals surface area (Å²) in [6, 6.07) is 8.04. The lowest BCUT2D eigenvalue weighted by Crippen LogP contribution is -2.49. The van der Waals surface area contributed by atoms with Gasteiger partial charge in [0.2, 0.25) is 5.95 Å². The molecule has 10 nitrogen and oxygen atoms in total. The smallest absolute Gasteiger partial charge is 0.227 e. The highest BCUT2D eigenvalue weighted by Gasteiger charge is 2.32. The number of halogens is 1. The van der Waals surface area contributed by atoms with Crippen LogP contribution in [0.5, 0.6) is 0 Å². The molecule has 2 atom stereocenters. The van der Waals surface area contributed by atoms with E-state index in [2.05, 4.69) is 51.1 Å². The fraction of sp³-hybridized carbons (Fsp3) is 0.552. The number of sulfone groups is 1. The summed E-state index contributed by atoms with van der Waals surface area (Å²) in [5.41, 5.74) is 2.26. The average molecular weight is 587 g/mol. The first kappa shape index (κ1) is 29.4. The van der Waals surface area contributed by atoms with Gasteiger partial charge in [-0.15, -0.1) is 0 Å². The molecular formula is C29H39FN6O4S. The van der Waals surface area contributed by atoms with Crippen molar-refractivity contribution >= 4 is 43.9 Å². The van der Waals surface area contributed by atoms with E-state index < -0.39 is 22.1 Å². The van der Waals surface area contributed by atoms with Crippen molar-refractivity contribution in [3.8, 4) is 0 Å². The maximum absolute atomic E-state index is 14.7. The maximum Gasteiger partial charge on any atom is 0.227 e. The zero-order valence-corrected chi connectivity index (χ0v) is 24.6. The van der Waals surface area contributed by atoms with Crippen LogP contribution in [-0.2, 0) is 14.6 Å². The Bertz CT molecular complexity index is 1470. The first-order valence-corrected chi connectivity index (χ1v) is 16.1. The molecule has 0 bridgehead atoms. The summed E-state index contributed by atoms with van der Waals surface area (Å²) in [4.78, 5) is 17.7. The molecular weight excluding hydrogens is 547 g/mol. The molecule has 2 aliphatic heterocycles. The summed E-state index contributed by atoms with van der Waals surface area (Å²) in [5.74, 6) is 2.48. The Morgan fingerprint density at radius 3 is 2.63 bits per heavy atom. The SMILES string of the molecule is CCS(=O)(=O)CC1CN(c2ccc(C(C)C)c3cc(Nc4ccnc(N5CC[C@@H](OCCO)[C@@H](F)C5)n4)ncc23)C1. The zero-order chi connectivity index (χ0) is 29.1. The molecule has 0 radical (unpaired) electrons. The summed E-state index contributed by atoms with van der Waals surface area (Å²) in [6.45, 7) is 8.11. The van der Waals surface area contributed by atoms with E-state index in [0.29, 0.717) is 49.6 Å². The van der Waals surface area contributed by atoms with E-state index in [1.165, 1.54) is 5.56 Å². The molecule has 1 aromatic carbocycles. The standard InChI is InChI=1S/C29H39FN6O4S/c1-4-41(38,39)18-20-15-36(16-20)25-6-5-21(19(2)3)22-13-28(32-14-23(22)25)33-27-7-9-31-29(34-27)35-10-8-26(24(30)17-35)40-12-11-37/h5-7,9,13-14,19-20,24,26,37H,4,8,10-12,15-18H2,1-3H3,(H,31,32,33,34)/t24-,26+/m0/s1. The van der Waals surface area contributed by atoms with Gasteiger partial charge in [0.1, 0.15) is 27.6 Å². The van der Waals surface area contributed by atoms with Crippen molar-refractivity contribution in [1.82, 2.24) is 15.0 Å². The lowest BCUT2D eigenvalue weighted by atomic mass is 9.93. The van der Waals surface area contributed by atoms with Gasteiger partial charge in [-0.2, -0.15) is 4.98 Å². The molecule has 41 heavy (non-hydrogen) atoms. The van der Waals surface area contributed by atoms with Gasteiger partial charge in [0.05, 0.1) is 31.6 Å². The van der Waals surface area contributed by atoms with Crippen LogP contribution in [-0.4, -0.2) is 91.7 Å². The number of rotatable bonds is 11. The van der Waals surface area contributed by atoms with Gasteiger partial charge >= 0.3 is 0 Å². The summed E-state index contributed by atoms with van der Waals surface area (Å²) >= 11 is 0. The van der Waals surface area contributed by atoms with Gasteiger partial charge in [-0.3, -0.25) is 0 Å². The van der Waals surface area contributed by atoms with Crippen molar-refractivity contribution in [2.75, 3.05) is 66.0 Å². The Labute approximate surface area is 240 Å². The van der Waals surface area contributed by atoms with Crippen molar-refractivity contribution in [3.63, 3.8) is 0 Å². The topological polar surface area (TPSA) is 121 Å². The minimum Gasteiger partial charge on any atom is -0.394 e. The Balaban J connectivity index is 1.33. The molecule has 2 saturated heterocycles. The molecule has 0 aliphatic carbocycles. The Kier molecular flexibility index (Phi) is 8.91. The fourth-order valence-electron chi connectivity index (χ4n) is 5.60. The molecule has 2 fully saturated rings. The van der Waals surface area contributed by atoms with E-state index in [1.807, 2.05) is 12.3 Å². The second-order valence-corrected chi connectivity index (χ2v) is 13.6. The van der Waals surface area contributed by atoms with Gasteiger partial charge in [0.15, 0.2) is 0 Å². The second kappa shape index (κ2) is 12.4. The van der Waals surface area contributed by atoms with Crippen LogP contribution in [0.1, 0.15) is 38.7 Å². The summed E-state index contributed by atoms with van der Waals surface area (Å²) in [7, 11) is -2.99. The minimum absolute atomic E-state index is 0.121. The van der Waals surface area contributed by atoms with Gasteiger partial charge in [-0.25, -0.2) is 22.8 Å². The van der Waals surface area contributed by atoms with Crippen LogP contribution >= 0.6 is 0 Å². The van der Waals surface area contributed by atoms with Gasteiger partial charge in [0.25, 0.3) is 0 Å². The van der Waals surface area contributed by atoms with Crippen molar-refractivity contribution in [3.05, 3.63) is 42.2 Å². The molecule has 222 valence electrons. The number of ether oxygens (including phenoxy) is 1. The van der Waals surface area contributed by atoms with E-state index in [0.717, 1.165) is 16.5 Å². The third kappa shape index (κ3) is 6.70. The molecule has 12 heteroatoms. The number of aliphatic hydroxyl groups excluding tert-OH is 1. The van der Waals surface area contributed by atoms with E-state index in [4.69, 9.17) is 9.84 Å². The number of anilines is 4. The number of aliphatic hydroxyl groups is 1. The van der Waals surface area contributed by atoms with Crippen LogP contribution in [0.3, 0.4) is 0 Å². The predicted molar refractivity (Wildman–Crippen MR) is 160 cm³/mol. The largest absolute Gasteiger partial charge is 0.394 e. The molecule has 2 N–H and O–H groups in total. The highest BCUT2D eigenvalue weighted by atomic mass is 32.2. The number of hydrogen-bond acceptors (Lipinski definition) is 10. The molecule has 2 aromatic heterocycles. The molecule has 2 aliphatic rings. The Hall–Kier alpha value is -3.09. The lowest BCUT2D eigenvalue weighted by Gasteiger charge is -2.41. The van der Waals surface area contributed by atoms with Gasteiger partial charge in [-0.1, -0.05) is 26.8 Å². The van der Waals surface area contributed by atoms with Gasteiger partial charge in [0, 0.05) is 54.8 Å². The number of fused-ring (bicyclic) bond motifs is 1. The van der Waals surface area contributed by atoms with Crippen molar-refractivity contribution in [2.45, 2.75) is 45.4 Å². The number of benzene rings is 1. The quantitative estimate of drug-likeness (QED) is 0.344. The van der Waals surface area contributed by atoms with Crippen LogP contribution in [0.15, 0.2) is 36.7 Å². The molecule has 4 heterocycles. The lowest BCUT2D eigenvalue weighted by molar-refractivity contribution is -0.0262. The zero-order valence-electron chi connectivity index (χ0n) is 23.8. The highest BCUT2D eigenvalue weighted by Crippen LogP contribution is 2.37. The number of nitrogens with one attached hydrogen (secondary N) is 1. The fourth-order valence-corrected chi connectivity index (χ4v) is 6.77. The highest BCUT2D eigenvalue weighted by molar-refractivity contribution is 7.91. The summed E-state index contributed by atoms with van der Waals surface area (Å²) in [5, 5.41) is 14.4. The predicted octanol–water partition coefficient (Wildman–Crippen LogP) is 3.69. The van der Waals surface area contributed by atoms with Gasteiger partial charge < -0.3 is 25.0 Å². The van der Waals surface area contributed by atoms with Gasteiger partial charge in [-0.05, 0) is 41.5 Å². The molecule has 3 aromatic rings. The van der Waals surface area contributed by atoms with E-state index in [-0.39, 0.29) is 37.2 Å². The number of nitrogens with zero attached hydrogens (tertiary/aromatic N) is 5. The van der Waals surface area contributed by atoms with Crippen LogP contribution in [0.4, 0.5) is 27.7 Å². The third-order valence-corrected chi connectivity index (χ3v) is 9.71. The Morgan fingerprint density at radius 2 is 1.93 bits per heavy atom. The van der Waals surface area contributed by atoms with Crippen molar-refractivity contribution < 1.29 is 22.7 Å². The molecule has 0 amide bonds. The number of pyridine rings is 1. The van der Waals surface area contributed by atoms with Crippen LogP contribution in [0, 0.1) is 5.92 Å². The second-order valence-electron chi connectivity index (χ2n) is 11.2. The summed E-state index contributed by atoms with van der Waals surface area (Å²) in [6.07, 6.45) is 2.26. The van der Waals surface area contributed by atoms with Crippen LogP contribution in [0.25, 0.3) is 10.8 Å². The molecule has 0 saturated carbocycles. The van der Waals surface area contributed by atoms with Crippen molar-refractivity contribution in [2.24, 2.45) is 5.92 Å². The number of alkyl halides is 1. The average Bonchev–Trinajstić information content (AvgIpc) is 2.93. The van der Waals surface area contributed by atoms with E-state index in [9.17, 15) is 12.8 Å². The Morgan fingerprint density at radius 1 is 1.12 bits per heavy atom. The van der Waals surface area contributed by atoms with Crippen LogP contribution < -0.4 is 15.1 Å². The number of hydrogen-bond donors (Lipinski definition) is 2. The van der Waals surface area contributed by atoms with E-state index in [1.54, 1.807) is 24.1 Å². The minimum atomic E-state index is -2.99. The van der Waals surface area contributed by atoms with Crippen LogP contribution in [0.2, 0.25) is 0 Å². The number of piperidine rings is 1. The number of aromatic nitrogens is 3. The monoisotopic (exact) mass is 586 g/mol. The maximum atomic E-state index is 14.7. The third-order valence-electron chi connectivity index (χ3n) is 7.85. The first-order valence-electron chi connectivity index (χ1n) is 14.3. The normalized spacial score (nSPS) is 20.0.